The van der Waals surface area contributed by atoms with Crippen LogP contribution in [0.3, 0.4) is 0 Å². The normalized spacial score (nSPS) is 17.6. The lowest BCUT2D eigenvalue weighted by Gasteiger charge is -2.23. The van der Waals surface area contributed by atoms with Crippen molar-refractivity contribution in [2.24, 2.45) is 5.92 Å². The molecule has 0 radical (unpaired) electrons. The van der Waals surface area contributed by atoms with Crippen molar-refractivity contribution in [3.8, 4) is 11.3 Å². The number of rotatable bonds is 5. The maximum absolute atomic E-state index is 4.90. The van der Waals surface area contributed by atoms with E-state index in [1.165, 1.54) is 12.8 Å². The molecule has 0 bridgehead atoms. The number of fused-ring (bicyclic) bond motifs is 1. The quantitative estimate of drug-likeness (QED) is 0.723. The van der Waals surface area contributed by atoms with E-state index in [-0.39, 0.29) is 0 Å². The van der Waals surface area contributed by atoms with Crippen LogP contribution >= 0.6 is 0 Å². The number of aromatic nitrogens is 5. The van der Waals surface area contributed by atoms with Crippen molar-refractivity contribution < 1.29 is 0 Å². The molecular formula is C20H27N7. The average molecular weight is 365 g/mol. The fraction of sp³-hybridized carbons (Fsp3) is 0.500. The van der Waals surface area contributed by atoms with Crippen LogP contribution in [-0.2, 0) is 0 Å². The Balaban J connectivity index is 1.69. The van der Waals surface area contributed by atoms with Gasteiger partial charge < -0.3 is 10.6 Å². The minimum atomic E-state index is 0.314. The Morgan fingerprint density at radius 1 is 1.30 bits per heavy atom. The second kappa shape index (κ2) is 7.60. The van der Waals surface area contributed by atoms with Gasteiger partial charge in [0.05, 0.1) is 16.9 Å². The number of piperidine rings is 1. The highest BCUT2D eigenvalue weighted by molar-refractivity contribution is 5.88. The first kappa shape index (κ1) is 17.9. The SMILES string of the molecule is Cc1nn(C(C)C)cc1-c1cc2nccnc2c(NC[C@H]2CCCNC2)n1. The standard InChI is InChI=1S/C20H27N7/c1-13(2)27-12-16(14(3)26-27)17-9-18-19(23-8-7-22-18)20(25-17)24-11-15-5-4-6-21-10-15/h7-9,12-13,15,21H,4-6,10-11H2,1-3H3,(H,24,25)/t15-/m0/s1. The van der Waals surface area contributed by atoms with E-state index >= 15 is 0 Å². The molecule has 1 aliphatic heterocycles. The monoisotopic (exact) mass is 365 g/mol. The molecule has 0 spiro atoms. The number of aryl methyl sites for hydroxylation is 1. The summed E-state index contributed by atoms with van der Waals surface area (Å²) in [5.74, 6) is 1.42. The van der Waals surface area contributed by atoms with Crippen LogP contribution in [0.4, 0.5) is 5.82 Å². The van der Waals surface area contributed by atoms with E-state index in [4.69, 9.17) is 4.98 Å². The van der Waals surface area contributed by atoms with E-state index < -0.39 is 0 Å². The Labute approximate surface area is 159 Å². The van der Waals surface area contributed by atoms with Crippen LogP contribution < -0.4 is 10.6 Å². The highest BCUT2D eigenvalue weighted by Gasteiger charge is 2.17. The Morgan fingerprint density at radius 3 is 2.89 bits per heavy atom. The lowest BCUT2D eigenvalue weighted by Crippen LogP contribution is -2.33. The van der Waals surface area contributed by atoms with Crippen LogP contribution in [0.25, 0.3) is 22.3 Å². The molecular weight excluding hydrogens is 338 g/mol. The van der Waals surface area contributed by atoms with Gasteiger partial charge in [-0.05, 0) is 58.7 Å². The lowest BCUT2D eigenvalue weighted by atomic mass is 10.00. The first-order chi connectivity index (χ1) is 13.1. The number of nitrogens with zero attached hydrogens (tertiary/aromatic N) is 5. The summed E-state index contributed by atoms with van der Waals surface area (Å²) >= 11 is 0. The second-order valence-corrected chi connectivity index (χ2v) is 7.58. The van der Waals surface area contributed by atoms with E-state index in [0.717, 1.165) is 53.4 Å². The van der Waals surface area contributed by atoms with Crippen LogP contribution in [0.1, 0.15) is 38.4 Å². The molecule has 2 N–H and O–H groups in total. The van der Waals surface area contributed by atoms with Gasteiger partial charge in [0.15, 0.2) is 5.82 Å². The van der Waals surface area contributed by atoms with Crippen LogP contribution in [-0.4, -0.2) is 44.4 Å². The van der Waals surface area contributed by atoms with Gasteiger partial charge in [-0.15, -0.1) is 0 Å². The molecule has 0 amide bonds. The van der Waals surface area contributed by atoms with Crippen LogP contribution in [0, 0.1) is 12.8 Å². The van der Waals surface area contributed by atoms with E-state index in [1.807, 2.05) is 17.7 Å². The van der Waals surface area contributed by atoms with Crippen LogP contribution in [0.2, 0.25) is 0 Å². The molecule has 7 nitrogen and oxygen atoms in total. The zero-order valence-electron chi connectivity index (χ0n) is 16.2. The molecule has 0 saturated carbocycles. The Hall–Kier alpha value is -2.54. The zero-order valence-corrected chi connectivity index (χ0v) is 16.2. The van der Waals surface area contributed by atoms with Gasteiger partial charge in [0, 0.05) is 36.7 Å². The largest absolute Gasteiger partial charge is 0.368 e. The van der Waals surface area contributed by atoms with Gasteiger partial charge in [0.2, 0.25) is 0 Å². The van der Waals surface area contributed by atoms with Gasteiger partial charge in [-0.25, -0.2) is 9.97 Å². The van der Waals surface area contributed by atoms with Crippen molar-refractivity contribution in [1.82, 2.24) is 30.0 Å². The van der Waals surface area contributed by atoms with E-state index in [9.17, 15) is 0 Å². The maximum Gasteiger partial charge on any atom is 0.154 e. The number of hydrogen-bond donors (Lipinski definition) is 2. The number of hydrogen-bond acceptors (Lipinski definition) is 6. The minimum Gasteiger partial charge on any atom is -0.368 e. The van der Waals surface area contributed by atoms with Gasteiger partial charge in [0.1, 0.15) is 5.52 Å². The van der Waals surface area contributed by atoms with E-state index in [1.54, 1.807) is 12.4 Å². The molecule has 7 heteroatoms. The first-order valence-electron chi connectivity index (χ1n) is 9.74. The van der Waals surface area contributed by atoms with Crippen molar-refractivity contribution in [2.45, 2.75) is 39.7 Å². The molecule has 3 aromatic rings. The highest BCUT2D eigenvalue weighted by Crippen LogP contribution is 2.28. The van der Waals surface area contributed by atoms with Gasteiger partial charge in [-0.1, -0.05) is 0 Å². The van der Waals surface area contributed by atoms with Crippen molar-refractivity contribution in [3.05, 3.63) is 30.4 Å². The minimum absolute atomic E-state index is 0.314. The molecule has 0 aliphatic carbocycles. The molecule has 0 aromatic carbocycles. The van der Waals surface area contributed by atoms with Gasteiger partial charge in [0.25, 0.3) is 0 Å². The molecule has 1 aliphatic rings. The van der Waals surface area contributed by atoms with Gasteiger partial charge in [-0.3, -0.25) is 9.67 Å². The van der Waals surface area contributed by atoms with Crippen LogP contribution in [0.15, 0.2) is 24.7 Å². The fourth-order valence-electron chi connectivity index (χ4n) is 3.57. The maximum atomic E-state index is 4.90. The van der Waals surface area contributed by atoms with Gasteiger partial charge in [-0.2, -0.15) is 5.10 Å². The average Bonchev–Trinajstić information content (AvgIpc) is 3.09. The summed E-state index contributed by atoms with van der Waals surface area (Å²) in [7, 11) is 0. The summed E-state index contributed by atoms with van der Waals surface area (Å²) in [5.41, 5.74) is 4.57. The van der Waals surface area contributed by atoms with Gasteiger partial charge >= 0.3 is 0 Å². The molecule has 4 heterocycles. The van der Waals surface area contributed by atoms with E-state index in [2.05, 4.69) is 45.7 Å². The van der Waals surface area contributed by atoms with Crippen LogP contribution in [0.5, 0.6) is 0 Å². The number of anilines is 1. The highest BCUT2D eigenvalue weighted by atomic mass is 15.3. The Kier molecular flexibility index (Phi) is 5.03. The third-order valence-electron chi connectivity index (χ3n) is 5.14. The molecule has 1 fully saturated rings. The predicted molar refractivity (Wildman–Crippen MR) is 108 cm³/mol. The summed E-state index contributed by atoms with van der Waals surface area (Å²) in [6.45, 7) is 9.34. The predicted octanol–water partition coefficient (Wildman–Crippen LogP) is 3.19. The molecule has 27 heavy (non-hydrogen) atoms. The topological polar surface area (TPSA) is 80.5 Å². The second-order valence-electron chi connectivity index (χ2n) is 7.58. The summed E-state index contributed by atoms with van der Waals surface area (Å²) in [6.07, 6.45) is 7.99. The first-order valence-corrected chi connectivity index (χ1v) is 9.74. The Bertz CT molecular complexity index is 925. The van der Waals surface area contributed by atoms with E-state index in [0.29, 0.717) is 12.0 Å². The molecule has 1 atom stereocenters. The molecule has 3 aromatic heterocycles. The molecule has 1 saturated heterocycles. The van der Waals surface area contributed by atoms with Crippen molar-refractivity contribution in [3.63, 3.8) is 0 Å². The molecule has 4 rings (SSSR count). The summed E-state index contributed by atoms with van der Waals surface area (Å²) in [5, 5.41) is 11.6. The fourth-order valence-corrected chi connectivity index (χ4v) is 3.57. The summed E-state index contributed by atoms with van der Waals surface area (Å²) in [6, 6.07) is 2.32. The Morgan fingerprint density at radius 2 is 2.15 bits per heavy atom. The third kappa shape index (κ3) is 3.78. The van der Waals surface area contributed by atoms with Crippen molar-refractivity contribution in [1.29, 1.82) is 0 Å². The summed E-state index contributed by atoms with van der Waals surface area (Å²) in [4.78, 5) is 13.9. The van der Waals surface area contributed by atoms with Crippen molar-refractivity contribution >= 4 is 16.9 Å². The molecule has 0 unspecified atom stereocenters. The smallest absolute Gasteiger partial charge is 0.154 e. The van der Waals surface area contributed by atoms with Crippen molar-refractivity contribution in [2.75, 3.05) is 25.0 Å². The molecule has 142 valence electrons. The number of pyridine rings is 1. The number of nitrogens with one attached hydrogen (secondary N) is 2. The third-order valence-corrected chi connectivity index (χ3v) is 5.14. The zero-order chi connectivity index (χ0) is 18.8. The summed E-state index contributed by atoms with van der Waals surface area (Å²) < 4.78 is 1.98. The lowest BCUT2D eigenvalue weighted by molar-refractivity contribution is 0.392.